The van der Waals surface area contributed by atoms with Crippen molar-refractivity contribution >= 4 is 11.8 Å². The van der Waals surface area contributed by atoms with Gasteiger partial charge >= 0.3 is 0 Å². The number of carbonyl (C=O) groups is 2. The molecule has 2 aromatic heterocycles. The van der Waals surface area contributed by atoms with Crippen LogP contribution >= 0.6 is 0 Å². The van der Waals surface area contributed by atoms with Crippen LogP contribution in [0.5, 0.6) is 0 Å². The van der Waals surface area contributed by atoms with Gasteiger partial charge in [-0.15, -0.1) is 0 Å². The van der Waals surface area contributed by atoms with Crippen molar-refractivity contribution in [3.63, 3.8) is 0 Å². The predicted octanol–water partition coefficient (Wildman–Crippen LogP) is 6.63. The molecule has 0 saturated carbocycles. The van der Waals surface area contributed by atoms with E-state index >= 15 is 0 Å². The molecule has 11 heteroatoms. The number of amides is 2. The van der Waals surface area contributed by atoms with Crippen LogP contribution in [0.1, 0.15) is 73.9 Å². The maximum atomic E-state index is 14.4. The van der Waals surface area contributed by atoms with Crippen LogP contribution in [0.3, 0.4) is 0 Å². The molecule has 4 fully saturated rings. The van der Waals surface area contributed by atoms with Crippen LogP contribution in [-0.2, 0) is 14.3 Å². The van der Waals surface area contributed by atoms with Crippen molar-refractivity contribution in [1.82, 2.24) is 39.5 Å². The Labute approximate surface area is 322 Å². The first-order valence-electron chi connectivity index (χ1n) is 20.0. The summed E-state index contributed by atoms with van der Waals surface area (Å²) in [6, 6.07) is 26.9. The first-order valence-corrected chi connectivity index (χ1v) is 20.0. The molecule has 4 aliphatic rings. The Balaban J connectivity index is 0.864. The van der Waals surface area contributed by atoms with Crippen LogP contribution < -0.4 is 0 Å². The third-order valence-electron chi connectivity index (χ3n) is 12.1. The minimum absolute atomic E-state index is 0.0343. The van der Waals surface area contributed by atoms with Gasteiger partial charge < -0.3 is 29.4 Å². The van der Waals surface area contributed by atoms with Gasteiger partial charge in [-0.25, -0.2) is 9.97 Å². The summed E-state index contributed by atoms with van der Waals surface area (Å²) in [5.41, 5.74) is 7.30. The van der Waals surface area contributed by atoms with Crippen LogP contribution in [-0.4, -0.2) is 110 Å². The average Bonchev–Trinajstić information content (AvgIpc) is 4.09. The summed E-state index contributed by atoms with van der Waals surface area (Å²) in [6.07, 6.45) is 8.96. The Kier molecular flexibility index (Phi) is 10.1. The highest BCUT2D eigenvalue weighted by molar-refractivity contribution is 5.84. The van der Waals surface area contributed by atoms with Crippen LogP contribution in [0.4, 0.5) is 0 Å². The number of nitrogens with one attached hydrogen (secondary N) is 2. The number of nitrogens with zero attached hydrogens (tertiary/aromatic N) is 6. The van der Waals surface area contributed by atoms with Gasteiger partial charge in [-0.05, 0) is 73.4 Å². The summed E-state index contributed by atoms with van der Waals surface area (Å²) in [5, 5.41) is 0. The summed E-state index contributed by atoms with van der Waals surface area (Å²) in [5.74, 6) is 1.96. The monoisotopic (exact) mass is 738 g/mol. The number of imidazole rings is 2. The number of H-pyrrole nitrogens is 2. The largest absolute Gasteiger partial charge is 0.368 e. The number of hydrogen-bond acceptors (Lipinski definition) is 7. The van der Waals surface area contributed by atoms with Crippen LogP contribution in [0, 0.1) is 0 Å². The number of aromatic nitrogens is 4. The fourth-order valence-corrected chi connectivity index (χ4v) is 8.96. The smallest absolute Gasteiger partial charge is 0.252 e. The molecule has 55 heavy (non-hydrogen) atoms. The lowest BCUT2D eigenvalue weighted by Gasteiger charge is -2.39. The molecule has 284 valence electrons. The number of ether oxygens (including phenoxy) is 1. The summed E-state index contributed by atoms with van der Waals surface area (Å²) in [4.78, 5) is 52.9. The summed E-state index contributed by atoms with van der Waals surface area (Å²) in [6.45, 7) is 5.82. The van der Waals surface area contributed by atoms with Crippen molar-refractivity contribution in [1.29, 1.82) is 0 Å². The lowest BCUT2D eigenvalue weighted by molar-refractivity contribution is -0.142. The third-order valence-corrected chi connectivity index (χ3v) is 12.1. The molecule has 5 aromatic rings. The van der Waals surface area contributed by atoms with Crippen LogP contribution in [0.25, 0.3) is 33.6 Å². The maximum Gasteiger partial charge on any atom is 0.252 e. The van der Waals surface area contributed by atoms with Gasteiger partial charge in [0.15, 0.2) is 0 Å². The molecule has 4 aliphatic heterocycles. The number of likely N-dealkylation sites (N-methyl/N-ethyl adjacent to an activating group) is 1. The predicted molar refractivity (Wildman–Crippen MR) is 212 cm³/mol. The maximum absolute atomic E-state index is 14.4. The molecule has 0 aliphatic carbocycles. The van der Waals surface area contributed by atoms with E-state index in [1.165, 1.54) is 0 Å². The van der Waals surface area contributed by atoms with E-state index in [1.807, 2.05) is 35.5 Å². The first kappa shape index (κ1) is 35.6. The number of piperazine rings is 1. The van der Waals surface area contributed by atoms with Crippen molar-refractivity contribution in [3.05, 3.63) is 108 Å². The summed E-state index contributed by atoms with van der Waals surface area (Å²) < 4.78 is 5.69. The highest BCUT2D eigenvalue weighted by Crippen LogP contribution is 2.37. The minimum Gasteiger partial charge on any atom is -0.368 e. The van der Waals surface area contributed by atoms with Gasteiger partial charge in [-0.1, -0.05) is 78.9 Å². The molecular weight excluding hydrogens is 689 g/mol. The van der Waals surface area contributed by atoms with E-state index < -0.39 is 0 Å². The number of aromatic amines is 2. The van der Waals surface area contributed by atoms with Gasteiger partial charge in [0.2, 0.25) is 5.91 Å². The molecule has 0 radical (unpaired) electrons. The van der Waals surface area contributed by atoms with Gasteiger partial charge in [0.05, 0.1) is 35.9 Å². The SMILES string of the molecule is CN1CCN(C(C(=O)N2CCC[C@H]2c2ncc(-c3ccc(-c4ccc(-c5cnc([C@@H]6CCCN6C(=O)[C@@H]6CCCO6)[nH]5)cc4)cc3)[nH]2)c2ccccc2)CC1. The molecule has 6 heterocycles. The lowest BCUT2D eigenvalue weighted by atomic mass is 10.0. The lowest BCUT2D eigenvalue weighted by Crippen LogP contribution is -2.50. The molecule has 4 atom stereocenters. The van der Waals surface area contributed by atoms with Gasteiger partial charge in [-0.3, -0.25) is 14.5 Å². The van der Waals surface area contributed by atoms with E-state index in [0.29, 0.717) is 6.61 Å². The zero-order chi connectivity index (χ0) is 37.3. The number of carbonyl (C=O) groups excluding carboxylic acids is 2. The Morgan fingerprint density at radius 2 is 1.20 bits per heavy atom. The van der Waals surface area contributed by atoms with E-state index in [0.717, 1.165) is 129 Å². The molecule has 9 rings (SSSR count). The molecule has 0 spiro atoms. The van der Waals surface area contributed by atoms with E-state index in [2.05, 4.69) is 92.4 Å². The quantitative estimate of drug-likeness (QED) is 0.175. The van der Waals surface area contributed by atoms with Gasteiger partial charge in [0.1, 0.15) is 23.8 Å². The second-order valence-corrected chi connectivity index (χ2v) is 15.6. The molecule has 2 N–H and O–H groups in total. The zero-order valence-electron chi connectivity index (χ0n) is 31.6. The highest BCUT2D eigenvalue weighted by atomic mass is 16.5. The fraction of sp³-hybridized carbons (Fsp3) is 0.409. The Bertz CT molecular complexity index is 2080. The average molecular weight is 739 g/mol. The number of rotatable bonds is 9. The number of hydrogen-bond donors (Lipinski definition) is 2. The normalized spacial score (nSPS) is 22.7. The second-order valence-electron chi connectivity index (χ2n) is 15.6. The molecule has 2 amide bonds. The van der Waals surface area contributed by atoms with Crippen molar-refractivity contribution in [3.8, 4) is 33.6 Å². The van der Waals surface area contributed by atoms with Gasteiger partial charge in [0, 0.05) is 45.9 Å². The third kappa shape index (κ3) is 7.24. The molecule has 11 nitrogen and oxygen atoms in total. The van der Waals surface area contributed by atoms with E-state index in [1.54, 1.807) is 0 Å². The summed E-state index contributed by atoms with van der Waals surface area (Å²) in [7, 11) is 2.15. The summed E-state index contributed by atoms with van der Waals surface area (Å²) >= 11 is 0. The second kappa shape index (κ2) is 15.6. The molecule has 1 unspecified atom stereocenters. The van der Waals surface area contributed by atoms with Crippen LogP contribution in [0.2, 0.25) is 0 Å². The van der Waals surface area contributed by atoms with Crippen molar-refractivity contribution < 1.29 is 14.3 Å². The Hall–Kier alpha value is -5.10. The topological polar surface area (TPSA) is 114 Å². The van der Waals surface area contributed by atoms with Crippen LogP contribution in [0.15, 0.2) is 91.3 Å². The standard InChI is InChI=1S/C44H50N8O3/c1-49-23-25-50(26-24-49)40(34-8-3-2-4-9-34)44(54)52-22-6-11-38(52)42-46-29-36(48-42)33-19-15-31(16-20-33)30-13-17-32(18-14-30)35-28-45-41(47-35)37-10-5-21-51(37)43(53)39-12-7-27-55-39/h2-4,8-9,13-20,28-29,37-40H,5-7,10-12,21-27H2,1H3,(H,45,47)(H,46,48)/t37-,38-,39-,40?/m0/s1. The van der Waals surface area contributed by atoms with Gasteiger partial charge in [-0.2, -0.15) is 0 Å². The minimum atomic E-state index is -0.306. The van der Waals surface area contributed by atoms with E-state index in [4.69, 9.17) is 14.7 Å². The molecule has 4 saturated heterocycles. The molecule has 0 bridgehead atoms. The van der Waals surface area contributed by atoms with E-state index in [-0.39, 0.29) is 36.0 Å². The Morgan fingerprint density at radius 1 is 0.655 bits per heavy atom. The molecule has 3 aromatic carbocycles. The Morgan fingerprint density at radius 3 is 1.76 bits per heavy atom. The van der Waals surface area contributed by atoms with Gasteiger partial charge in [0.25, 0.3) is 5.91 Å². The molecular formula is C44H50N8O3. The first-order chi connectivity index (χ1) is 27.0. The number of likely N-dealkylation sites (tertiary alicyclic amines) is 2. The highest BCUT2D eigenvalue weighted by Gasteiger charge is 2.40. The number of benzene rings is 3. The zero-order valence-corrected chi connectivity index (χ0v) is 31.6. The fourth-order valence-electron chi connectivity index (χ4n) is 8.96. The van der Waals surface area contributed by atoms with E-state index in [9.17, 15) is 9.59 Å². The van der Waals surface area contributed by atoms with Crippen molar-refractivity contribution in [2.24, 2.45) is 0 Å². The van der Waals surface area contributed by atoms with Crippen molar-refractivity contribution in [2.75, 3.05) is 52.9 Å². The van der Waals surface area contributed by atoms with Crippen molar-refractivity contribution in [2.45, 2.75) is 62.8 Å².